The normalized spacial score (nSPS) is 21.7. The molecule has 5 nitrogen and oxygen atoms in total. The highest BCUT2D eigenvalue weighted by atomic mass is 19.4. The van der Waals surface area contributed by atoms with Crippen molar-refractivity contribution in [3.63, 3.8) is 0 Å². The van der Waals surface area contributed by atoms with Crippen LogP contribution in [0.5, 0.6) is 0 Å². The SMILES string of the molecule is NC(=O)c1ccc(CN2CCN(C(=O)C3CC3c3ccc(C(F)(F)F)cc3)CC2)cc1. The Bertz CT molecular complexity index is 950. The maximum Gasteiger partial charge on any atom is 0.416 e. The third-order valence-corrected chi connectivity index (χ3v) is 6.10. The van der Waals surface area contributed by atoms with E-state index in [0.29, 0.717) is 25.1 Å². The zero-order valence-electron chi connectivity index (χ0n) is 16.9. The molecule has 31 heavy (non-hydrogen) atoms. The van der Waals surface area contributed by atoms with Gasteiger partial charge in [-0.3, -0.25) is 14.5 Å². The lowest BCUT2D eigenvalue weighted by atomic mass is 10.1. The topological polar surface area (TPSA) is 66.6 Å². The number of piperazine rings is 1. The van der Waals surface area contributed by atoms with Crippen molar-refractivity contribution in [3.8, 4) is 0 Å². The Morgan fingerprint density at radius 2 is 1.55 bits per heavy atom. The molecule has 2 fully saturated rings. The molecule has 0 bridgehead atoms. The summed E-state index contributed by atoms with van der Waals surface area (Å²) in [5.74, 6) is -0.482. The van der Waals surface area contributed by atoms with Gasteiger partial charge in [0.25, 0.3) is 0 Å². The molecule has 0 aromatic heterocycles. The fraction of sp³-hybridized carbons (Fsp3) is 0.391. The lowest BCUT2D eigenvalue weighted by Gasteiger charge is -2.35. The zero-order chi connectivity index (χ0) is 22.2. The fourth-order valence-electron chi connectivity index (χ4n) is 4.15. The maximum absolute atomic E-state index is 12.8. The molecule has 2 aromatic carbocycles. The van der Waals surface area contributed by atoms with Gasteiger partial charge in [0.15, 0.2) is 0 Å². The molecule has 1 saturated carbocycles. The second-order valence-corrected chi connectivity index (χ2v) is 8.23. The predicted octanol–water partition coefficient (Wildman–Crippen LogP) is 3.25. The van der Waals surface area contributed by atoms with Crippen molar-refractivity contribution in [2.45, 2.75) is 25.1 Å². The number of benzene rings is 2. The van der Waals surface area contributed by atoms with Gasteiger partial charge in [0.05, 0.1) is 5.56 Å². The number of alkyl halides is 3. The van der Waals surface area contributed by atoms with E-state index in [1.54, 1.807) is 12.1 Å². The molecule has 1 saturated heterocycles. The Morgan fingerprint density at radius 1 is 0.935 bits per heavy atom. The molecule has 2 aromatic rings. The van der Waals surface area contributed by atoms with Gasteiger partial charge in [-0.1, -0.05) is 24.3 Å². The summed E-state index contributed by atoms with van der Waals surface area (Å²) >= 11 is 0. The number of carbonyl (C=O) groups is 2. The second-order valence-electron chi connectivity index (χ2n) is 8.23. The van der Waals surface area contributed by atoms with Crippen LogP contribution < -0.4 is 5.73 Å². The molecule has 8 heteroatoms. The number of carbonyl (C=O) groups excluding carboxylic acids is 2. The first-order chi connectivity index (χ1) is 14.7. The van der Waals surface area contributed by atoms with Crippen LogP contribution in [-0.4, -0.2) is 47.8 Å². The number of hydrogen-bond donors (Lipinski definition) is 1. The van der Waals surface area contributed by atoms with Gasteiger partial charge < -0.3 is 10.6 Å². The Kier molecular flexibility index (Phi) is 5.75. The van der Waals surface area contributed by atoms with E-state index in [0.717, 1.165) is 42.9 Å². The van der Waals surface area contributed by atoms with Crippen LogP contribution in [-0.2, 0) is 17.5 Å². The van der Waals surface area contributed by atoms with Crippen LogP contribution in [0.15, 0.2) is 48.5 Å². The first-order valence-corrected chi connectivity index (χ1v) is 10.3. The van der Waals surface area contributed by atoms with E-state index >= 15 is 0 Å². The highest BCUT2D eigenvalue weighted by molar-refractivity contribution is 5.92. The van der Waals surface area contributed by atoms with Crippen LogP contribution in [0.4, 0.5) is 13.2 Å². The molecule has 1 aliphatic carbocycles. The lowest BCUT2D eigenvalue weighted by Crippen LogP contribution is -2.48. The summed E-state index contributed by atoms with van der Waals surface area (Å²) in [4.78, 5) is 28.1. The average molecular weight is 431 g/mol. The van der Waals surface area contributed by atoms with Crippen LogP contribution in [0.1, 0.15) is 39.4 Å². The molecule has 2 atom stereocenters. The van der Waals surface area contributed by atoms with Gasteiger partial charge in [0.1, 0.15) is 0 Å². The van der Waals surface area contributed by atoms with E-state index in [1.807, 2.05) is 17.0 Å². The Morgan fingerprint density at radius 3 is 2.10 bits per heavy atom. The maximum atomic E-state index is 12.8. The minimum absolute atomic E-state index is 0.0107. The summed E-state index contributed by atoms with van der Waals surface area (Å²) in [6, 6.07) is 12.4. The van der Waals surface area contributed by atoms with E-state index in [4.69, 9.17) is 5.73 Å². The van der Waals surface area contributed by atoms with Gasteiger partial charge in [0.2, 0.25) is 11.8 Å². The number of hydrogen-bond acceptors (Lipinski definition) is 3. The fourth-order valence-corrected chi connectivity index (χ4v) is 4.15. The Hall–Kier alpha value is -2.87. The molecule has 1 aliphatic heterocycles. The molecular formula is C23H24F3N3O2. The first kappa shape index (κ1) is 21.4. The smallest absolute Gasteiger partial charge is 0.366 e. The van der Waals surface area contributed by atoms with Gasteiger partial charge in [-0.05, 0) is 47.7 Å². The zero-order valence-corrected chi connectivity index (χ0v) is 16.9. The van der Waals surface area contributed by atoms with E-state index in [9.17, 15) is 22.8 Å². The third kappa shape index (κ3) is 4.90. The summed E-state index contributed by atoms with van der Waals surface area (Å²) in [7, 11) is 0. The molecule has 2 N–H and O–H groups in total. The second kappa shape index (κ2) is 8.34. The molecule has 0 spiro atoms. The van der Waals surface area contributed by atoms with Crippen molar-refractivity contribution >= 4 is 11.8 Å². The first-order valence-electron chi connectivity index (χ1n) is 10.3. The number of halogens is 3. The van der Waals surface area contributed by atoms with E-state index < -0.39 is 17.6 Å². The van der Waals surface area contributed by atoms with Gasteiger partial charge in [-0.25, -0.2) is 0 Å². The van der Waals surface area contributed by atoms with Crippen molar-refractivity contribution in [3.05, 3.63) is 70.8 Å². The van der Waals surface area contributed by atoms with Gasteiger partial charge in [0, 0.05) is 44.2 Å². The Balaban J connectivity index is 1.26. The highest BCUT2D eigenvalue weighted by Crippen LogP contribution is 2.49. The van der Waals surface area contributed by atoms with Crippen LogP contribution in [0, 0.1) is 5.92 Å². The van der Waals surface area contributed by atoms with Crippen molar-refractivity contribution in [2.75, 3.05) is 26.2 Å². The molecular weight excluding hydrogens is 407 g/mol. The average Bonchev–Trinajstić information content (AvgIpc) is 3.55. The van der Waals surface area contributed by atoms with E-state index in [2.05, 4.69) is 4.90 Å². The van der Waals surface area contributed by atoms with Crippen LogP contribution in [0.2, 0.25) is 0 Å². The monoisotopic (exact) mass is 431 g/mol. The summed E-state index contributed by atoms with van der Waals surface area (Å²) in [6.07, 6.45) is -3.66. The van der Waals surface area contributed by atoms with Crippen molar-refractivity contribution in [1.82, 2.24) is 9.80 Å². The van der Waals surface area contributed by atoms with E-state index in [1.165, 1.54) is 12.1 Å². The van der Waals surface area contributed by atoms with Crippen LogP contribution >= 0.6 is 0 Å². The summed E-state index contributed by atoms with van der Waals surface area (Å²) in [5, 5.41) is 0. The molecule has 4 rings (SSSR count). The van der Waals surface area contributed by atoms with Gasteiger partial charge in [-0.2, -0.15) is 13.2 Å². The molecule has 2 aliphatic rings. The standard InChI is InChI=1S/C23H24F3N3O2/c24-23(25,26)18-7-5-16(6-8-18)19-13-20(19)22(31)29-11-9-28(10-12-29)14-15-1-3-17(4-2-15)21(27)30/h1-8,19-20H,9-14H2,(H2,27,30). The molecule has 1 heterocycles. The van der Waals surface area contributed by atoms with Crippen molar-refractivity contribution in [2.24, 2.45) is 11.7 Å². The van der Waals surface area contributed by atoms with Crippen LogP contribution in [0.3, 0.4) is 0 Å². The Labute approximate surface area is 178 Å². The van der Waals surface area contributed by atoms with Crippen LogP contribution in [0.25, 0.3) is 0 Å². The number of rotatable bonds is 5. The third-order valence-electron chi connectivity index (χ3n) is 6.10. The summed E-state index contributed by atoms with van der Waals surface area (Å²) < 4.78 is 38.2. The number of amides is 2. The number of nitrogens with zero attached hydrogens (tertiary/aromatic N) is 2. The van der Waals surface area contributed by atoms with Gasteiger partial charge in [-0.15, -0.1) is 0 Å². The summed E-state index contributed by atoms with van der Waals surface area (Å²) in [6.45, 7) is 3.50. The number of primary amides is 1. The van der Waals surface area contributed by atoms with E-state index in [-0.39, 0.29) is 17.7 Å². The van der Waals surface area contributed by atoms with Gasteiger partial charge >= 0.3 is 6.18 Å². The molecule has 0 radical (unpaired) electrons. The highest BCUT2D eigenvalue weighted by Gasteiger charge is 2.46. The van der Waals surface area contributed by atoms with Crippen molar-refractivity contribution in [1.29, 1.82) is 0 Å². The minimum Gasteiger partial charge on any atom is -0.366 e. The predicted molar refractivity (Wildman–Crippen MR) is 109 cm³/mol. The lowest BCUT2D eigenvalue weighted by molar-refractivity contribution is -0.137. The van der Waals surface area contributed by atoms with Crippen molar-refractivity contribution < 1.29 is 22.8 Å². The summed E-state index contributed by atoms with van der Waals surface area (Å²) in [5.41, 5.74) is 6.95. The number of nitrogens with two attached hydrogens (primary N) is 1. The molecule has 2 unspecified atom stereocenters. The molecule has 164 valence electrons. The molecule has 2 amide bonds. The quantitative estimate of drug-likeness (QED) is 0.791. The largest absolute Gasteiger partial charge is 0.416 e. The minimum atomic E-state index is -4.35.